The zero-order valence-corrected chi connectivity index (χ0v) is 10.6. The van der Waals surface area contributed by atoms with Crippen LogP contribution in [-0.4, -0.2) is 37.0 Å². The van der Waals surface area contributed by atoms with Gasteiger partial charge in [0.1, 0.15) is 10.6 Å². The molecule has 0 saturated carbocycles. The average Bonchev–Trinajstić information content (AvgIpc) is 2.84. The predicted octanol–water partition coefficient (Wildman–Crippen LogP) is 1.35. The van der Waals surface area contributed by atoms with E-state index in [1.807, 2.05) is 11.4 Å². The number of thiophene rings is 1. The monoisotopic (exact) mass is 262 g/mol. The van der Waals surface area contributed by atoms with E-state index in [4.69, 9.17) is 10.5 Å². The molecular formula is C10H15ClN2O2S. The Morgan fingerprint density at radius 2 is 2.44 bits per heavy atom. The molecule has 2 heterocycles. The number of hydrogen-bond donors (Lipinski definition) is 1. The fourth-order valence-corrected chi connectivity index (χ4v) is 2.55. The first-order valence-electron chi connectivity index (χ1n) is 4.88. The molecule has 2 rings (SSSR count). The number of methoxy groups -OCH3 is 1. The third-order valence-electron chi connectivity index (χ3n) is 2.56. The standard InChI is InChI=1S/C10H14N2O2S.ClH/c1-14-8-3-5-15-9(8)10(13)12-4-2-7(11)6-12;/h3,5,7H,2,4,6,11H2,1H3;1H/t7-;/m0./s1. The minimum absolute atomic E-state index is 0. The van der Waals surface area contributed by atoms with Crippen molar-refractivity contribution in [2.45, 2.75) is 12.5 Å². The van der Waals surface area contributed by atoms with Crippen LogP contribution in [0.15, 0.2) is 11.4 Å². The number of likely N-dealkylation sites (tertiary alicyclic amines) is 1. The lowest BCUT2D eigenvalue weighted by molar-refractivity contribution is 0.0792. The van der Waals surface area contributed by atoms with E-state index in [2.05, 4.69) is 0 Å². The van der Waals surface area contributed by atoms with Crippen LogP contribution in [0.4, 0.5) is 0 Å². The Balaban J connectivity index is 0.00000128. The molecule has 16 heavy (non-hydrogen) atoms. The molecule has 2 N–H and O–H groups in total. The molecule has 6 heteroatoms. The Morgan fingerprint density at radius 3 is 3.00 bits per heavy atom. The first kappa shape index (κ1) is 13.3. The molecule has 0 bridgehead atoms. The maximum Gasteiger partial charge on any atom is 0.267 e. The van der Waals surface area contributed by atoms with Crippen molar-refractivity contribution in [1.29, 1.82) is 0 Å². The molecule has 0 aromatic carbocycles. The van der Waals surface area contributed by atoms with Crippen molar-refractivity contribution < 1.29 is 9.53 Å². The molecule has 1 aromatic rings. The van der Waals surface area contributed by atoms with Crippen molar-refractivity contribution >= 4 is 29.7 Å². The van der Waals surface area contributed by atoms with Gasteiger partial charge in [0, 0.05) is 19.1 Å². The normalized spacial score (nSPS) is 19.4. The Labute approximate surface area is 105 Å². The van der Waals surface area contributed by atoms with E-state index >= 15 is 0 Å². The average molecular weight is 263 g/mol. The number of halogens is 1. The lowest BCUT2D eigenvalue weighted by Gasteiger charge is -2.15. The number of nitrogens with zero attached hydrogens (tertiary/aromatic N) is 1. The maximum atomic E-state index is 12.0. The van der Waals surface area contributed by atoms with Gasteiger partial charge in [-0.15, -0.1) is 23.7 Å². The van der Waals surface area contributed by atoms with Crippen LogP contribution in [0.25, 0.3) is 0 Å². The highest BCUT2D eigenvalue weighted by Crippen LogP contribution is 2.26. The van der Waals surface area contributed by atoms with Crippen LogP contribution in [0.5, 0.6) is 5.75 Å². The van der Waals surface area contributed by atoms with Gasteiger partial charge in [-0.25, -0.2) is 0 Å². The number of hydrogen-bond acceptors (Lipinski definition) is 4. The second-order valence-electron chi connectivity index (χ2n) is 3.62. The van der Waals surface area contributed by atoms with E-state index < -0.39 is 0 Å². The molecule has 0 aliphatic carbocycles. The summed E-state index contributed by atoms with van der Waals surface area (Å²) in [6.45, 7) is 1.40. The van der Waals surface area contributed by atoms with Gasteiger partial charge in [-0.05, 0) is 17.9 Å². The third kappa shape index (κ3) is 2.48. The van der Waals surface area contributed by atoms with Gasteiger partial charge in [-0.2, -0.15) is 0 Å². The Bertz CT molecular complexity index is 369. The van der Waals surface area contributed by atoms with Crippen molar-refractivity contribution in [3.8, 4) is 5.75 Å². The quantitative estimate of drug-likeness (QED) is 0.875. The Hall–Kier alpha value is -0.780. The number of rotatable bonds is 2. The molecule has 0 spiro atoms. The second kappa shape index (κ2) is 5.52. The predicted molar refractivity (Wildman–Crippen MR) is 66.6 cm³/mol. The van der Waals surface area contributed by atoms with E-state index in [0.29, 0.717) is 17.2 Å². The lowest BCUT2D eigenvalue weighted by Crippen LogP contribution is -2.31. The van der Waals surface area contributed by atoms with Crippen LogP contribution < -0.4 is 10.5 Å². The van der Waals surface area contributed by atoms with Gasteiger partial charge in [-0.1, -0.05) is 0 Å². The van der Waals surface area contributed by atoms with E-state index in [-0.39, 0.29) is 24.4 Å². The molecule has 4 nitrogen and oxygen atoms in total. The summed E-state index contributed by atoms with van der Waals surface area (Å²) in [6.07, 6.45) is 0.888. The summed E-state index contributed by atoms with van der Waals surface area (Å²) in [6, 6.07) is 1.94. The molecule has 1 fully saturated rings. The van der Waals surface area contributed by atoms with Crippen LogP contribution in [0.3, 0.4) is 0 Å². The van der Waals surface area contributed by atoms with Crippen LogP contribution in [0.1, 0.15) is 16.1 Å². The van der Waals surface area contributed by atoms with Crippen molar-refractivity contribution in [1.82, 2.24) is 4.90 Å². The molecule has 1 aromatic heterocycles. The molecular weight excluding hydrogens is 248 g/mol. The van der Waals surface area contributed by atoms with Gasteiger partial charge in [-0.3, -0.25) is 4.79 Å². The lowest BCUT2D eigenvalue weighted by atomic mass is 10.3. The zero-order chi connectivity index (χ0) is 10.8. The largest absolute Gasteiger partial charge is 0.495 e. The van der Waals surface area contributed by atoms with Crippen LogP contribution in [0, 0.1) is 0 Å². The van der Waals surface area contributed by atoms with Gasteiger partial charge in [0.05, 0.1) is 7.11 Å². The summed E-state index contributed by atoms with van der Waals surface area (Å²) >= 11 is 1.41. The zero-order valence-electron chi connectivity index (χ0n) is 9.01. The van der Waals surface area contributed by atoms with Gasteiger partial charge in [0.2, 0.25) is 0 Å². The minimum atomic E-state index is 0. The molecule has 0 unspecified atom stereocenters. The molecule has 1 saturated heterocycles. The fourth-order valence-electron chi connectivity index (χ4n) is 1.73. The maximum absolute atomic E-state index is 12.0. The number of amides is 1. The molecule has 1 aliphatic rings. The van der Waals surface area contributed by atoms with Crippen molar-refractivity contribution in [2.75, 3.05) is 20.2 Å². The summed E-state index contributed by atoms with van der Waals surface area (Å²) < 4.78 is 5.12. The van der Waals surface area contributed by atoms with E-state index in [0.717, 1.165) is 13.0 Å². The smallest absolute Gasteiger partial charge is 0.267 e. The third-order valence-corrected chi connectivity index (χ3v) is 3.44. The fraction of sp³-hybridized carbons (Fsp3) is 0.500. The number of nitrogens with two attached hydrogens (primary N) is 1. The van der Waals surface area contributed by atoms with Crippen molar-refractivity contribution in [3.63, 3.8) is 0 Å². The van der Waals surface area contributed by atoms with E-state index in [1.54, 1.807) is 12.0 Å². The first-order chi connectivity index (χ1) is 7.22. The molecule has 90 valence electrons. The number of carbonyl (C=O) groups is 1. The highest BCUT2D eigenvalue weighted by atomic mass is 35.5. The van der Waals surface area contributed by atoms with E-state index in [1.165, 1.54) is 11.3 Å². The SMILES string of the molecule is COc1ccsc1C(=O)N1CC[C@H](N)C1.Cl. The number of carbonyl (C=O) groups excluding carboxylic acids is 1. The topological polar surface area (TPSA) is 55.6 Å². The summed E-state index contributed by atoms with van der Waals surface area (Å²) in [7, 11) is 1.58. The van der Waals surface area contributed by atoms with Gasteiger partial charge >= 0.3 is 0 Å². The Kier molecular flexibility index (Phi) is 4.58. The minimum Gasteiger partial charge on any atom is -0.495 e. The number of ether oxygens (including phenoxy) is 1. The van der Waals surface area contributed by atoms with Crippen LogP contribution in [0.2, 0.25) is 0 Å². The summed E-state index contributed by atoms with van der Waals surface area (Å²) in [4.78, 5) is 14.5. The van der Waals surface area contributed by atoms with E-state index in [9.17, 15) is 4.79 Å². The molecule has 1 aliphatic heterocycles. The molecule has 0 radical (unpaired) electrons. The second-order valence-corrected chi connectivity index (χ2v) is 4.53. The molecule has 1 amide bonds. The summed E-state index contributed by atoms with van der Waals surface area (Å²) in [5.74, 6) is 0.695. The van der Waals surface area contributed by atoms with Gasteiger partial charge in [0.25, 0.3) is 5.91 Å². The van der Waals surface area contributed by atoms with Crippen LogP contribution in [-0.2, 0) is 0 Å². The van der Waals surface area contributed by atoms with Crippen LogP contribution >= 0.6 is 23.7 Å². The molecule has 1 atom stereocenters. The van der Waals surface area contributed by atoms with Crippen molar-refractivity contribution in [2.24, 2.45) is 5.73 Å². The summed E-state index contributed by atoms with van der Waals surface area (Å²) in [5.41, 5.74) is 5.77. The Morgan fingerprint density at radius 1 is 1.69 bits per heavy atom. The summed E-state index contributed by atoms with van der Waals surface area (Å²) in [5, 5.41) is 1.86. The highest BCUT2D eigenvalue weighted by Gasteiger charge is 2.27. The van der Waals surface area contributed by atoms with Gasteiger partial charge < -0.3 is 15.4 Å². The van der Waals surface area contributed by atoms with Gasteiger partial charge in [0.15, 0.2) is 0 Å². The highest BCUT2D eigenvalue weighted by molar-refractivity contribution is 7.12. The first-order valence-corrected chi connectivity index (χ1v) is 5.76. The van der Waals surface area contributed by atoms with Crippen molar-refractivity contribution in [3.05, 3.63) is 16.3 Å².